The van der Waals surface area contributed by atoms with Gasteiger partial charge in [-0.25, -0.2) is 5.43 Å². The average Bonchev–Trinajstić information content (AvgIpc) is 2.48. The number of hydrazine groups is 1. The molecule has 20 heavy (non-hydrogen) atoms. The van der Waals surface area contributed by atoms with Gasteiger partial charge in [0.1, 0.15) is 5.75 Å². The summed E-state index contributed by atoms with van der Waals surface area (Å²) in [5.74, 6) is 6.45. The summed E-state index contributed by atoms with van der Waals surface area (Å²) < 4.78 is 5.61. The predicted molar refractivity (Wildman–Crippen MR) is 78.2 cm³/mol. The predicted octanol–water partition coefficient (Wildman–Crippen LogP) is 2.13. The molecule has 0 amide bonds. The fourth-order valence-corrected chi connectivity index (χ4v) is 2.03. The Kier molecular flexibility index (Phi) is 5.03. The summed E-state index contributed by atoms with van der Waals surface area (Å²) in [4.78, 5) is 8.62. The zero-order chi connectivity index (χ0) is 14.4. The molecule has 2 aromatic heterocycles. The molecule has 0 aliphatic carbocycles. The fraction of sp³-hybridized carbons (Fsp3) is 0.333. The maximum absolute atomic E-state index is 5.70. The number of hydrogen-bond donors (Lipinski definition) is 2. The van der Waals surface area contributed by atoms with Crippen LogP contribution in [0, 0.1) is 6.92 Å². The van der Waals surface area contributed by atoms with Crippen LogP contribution in [0.5, 0.6) is 5.75 Å². The minimum absolute atomic E-state index is 0.200. The quantitative estimate of drug-likeness (QED) is 0.622. The van der Waals surface area contributed by atoms with E-state index in [9.17, 15) is 0 Å². The molecule has 0 spiro atoms. The van der Waals surface area contributed by atoms with Crippen LogP contribution in [-0.4, -0.2) is 16.6 Å². The van der Waals surface area contributed by atoms with Gasteiger partial charge in [-0.3, -0.25) is 15.8 Å². The molecule has 2 heterocycles. The maximum Gasteiger partial charge on any atom is 0.137 e. The first kappa shape index (κ1) is 14.4. The smallest absolute Gasteiger partial charge is 0.137 e. The number of hydrogen-bond acceptors (Lipinski definition) is 5. The van der Waals surface area contributed by atoms with E-state index in [1.54, 1.807) is 18.6 Å². The van der Waals surface area contributed by atoms with Crippen LogP contribution in [0.1, 0.15) is 36.2 Å². The first-order valence-electron chi connectivity index (χ1n) is 6.71. The molecule has 0 aromatic carbocycles. The van der Waals surface area contributed by atoms with Crippen LogP contribution >= 0.6 is 0 Å². The van der Waals surface area contributed by atoms with Crippen molar-refractivity contribution in [3.05, 3.63) is 53.6 Å². The number of aryl methyl sites for hydroxylation is 1. The van der Waals surface area contributed by atoms with E-state index in [1.165, 1.54) is 0 Å². The zero-order valence-corrected chi connectivity index (χ0v) is 11.8. The molecule has 0 bridgehead atoms. The van der Waals surface area contributed by atoms with Crippen LogP contribution in [0.15, 0.2) is 36.8 Å². The average molecular weight is 272 g/mol. The van der Waals surface area contributed by atoms with Gasteiger partial charge in [-0.05, 0) is 36.6 Å². The Balaban J connectivity index is 2.30. The van der Waals surface area contributed by atoms with Gasteiger partial charge in [0.05, 0.1) is 24.5 Å². The summed E-state index contributed by atoms with van der Waals surface area (Å²) in [7, 11) is 0. The molecule has 1 unspecified atom stereocenters. The van der Waals surface area contributed by atoms with Gasteiger partial charge in [0.2, 0.25) is 0 Å². The maximum atomic E-state index is 5.70. The van der Waals surface area contributed by atoms with Crippen LogP contribution in [0.3, 0.4) is 0 Å². The molecule has 1 atom stereocenters. The summed E-state index contributed by atoms with van der Waals surface area (Å²) in [6.45, 7) is 4.75. The van der Waals surface area contributed by atoms with Crippen LogP contribution in [-0.2, 0) is 0 Å². The van der Waals surface area contributed by atoms with Gasteiger partial charge in [0.25, 0.3) is 0 Å². The lowest BCUT2D eigenvalue weighted by molar-refractivity contribution is 0.315. The van der Waals surface area contributed by atoms with Crippen LogP contribution in [0.2, 0.25) is 0 Å². The molecule has 2 rings (SSSR count). The van der Waals surface area contributed by atoms with Gasteiger partial charge < -0.3 is 4.74 Å². The number of nitrogens with two attached hydrogens (primary N) is 1. The second-order valence-corrected chi connectivity index (χ2v) is 4.61. The van der Waals surface area contributed by atoms with E-state index >= 15 is 0 Å². The zero-order valence-electron chi connectivity index (χ0n) is 11.8. The monoisotopic (exact) mass is 272 g/mol. The van der Waals surface area contributed by atoms with E-state index in [1.807, 2.05) is 25.1 Å². The molecule has 0 aliphatic rings. The summed E-state index contributed by atoms with van der Waals surface area (Å²) >= 11 is 0. The van der Waals surface area contributed by atoms with Gasteiger partial charge in [0.15, 0.2) is 0 Å². The Bertz CT molecular complexity index is 559. The van der Waals surface area contributed by atoms with Crippen molar-refractivity contribution in [3.8, 4) is 5.75 Å². The minimum atomic E-state index is -0.200. The molecule has 0 radical (unpaired) electrons. The van der Waals surface area contributed by atoms with E-state index < -0.39 is 0 Å². The van der Waals surface area contributed by atoms with Crippen LogP contribution < -0.4 is 16.0 Å². The highest BCUT2D eigenvalue weighted by atomic mass is 16.5. The van der Waals surface area contributed by atoms with E-state index in [0.717, 1.165) is 29.0 Å². The van der Waals surface area contributed by atoms with Crippen molar-refractivity contribution in [1.29, 1.82) is 0 Å². The Hall–Kier alpha value is -1.98. The highest BCUT2D eigenvalue weighted by molar-refractivity contribution is 5.34. The summed E-state index contributed by atoms with van der Waals surface area (Å²) in [6, 6.07) is 5.67. The lowest BCUT2D eigenvalue weighted by Crippen LogP contribution is -2.30. The topological polar surface area (TPSA) is 73.1 Å². The molecule has 0 aliphatic heterocycles. The van der Waals surface area contributed by atoms with Gasteiger partial charge in [-0.15, -0.1) is 0 Å². The first-order chi connectivity index (χ1) is 9.76. The number of aromatic nitrogens is 2. The fourth-order valence-electron chi connectivity index (χ4n) is 2.03. The third-order valence-electron chi connectivity index (χ3n) is 3.03. The normalized spacial score (nSPS) is 12.2. The summed E-state index contributed by atoms with van der Waals surface area (Å²) in [6.07, 6.45) is 6.20. The van der Waals surface area contributed by atoms with E-state index in [0.29, 0.717) is 6.61 Å². The summed E-state index contributed by atoms with van der Waals surface area (Å²) in [5.41, 5.74) is 5.71. The first-order valence-corrected chi connectivity index (χ1v) is 6.71. The van der Waals surface area contributed by atoms with Crippen molar-refractivity contribution >= 4 is 0 Å². The molecule has 106 valence electrons. The lowest BCUT2D eigenvalue weighted by Gasteiger charge is -2.18. The van der Waals surface area contributed by atoms with E-state index in [-0.39, 0.29) is 6.04 Å². The van der Waals surface area contributed by atoms with Crippen molar-refractivity contribution in [1.82, 2.24) is 15.4 Å². The Morgan fingerprint density at radius 2 is 2.25 bits per heavy atom. The third-order valence-corrected chi connectivity index (χ3v) is 3.03. The second kappa shape index (κ2) is 6.98. The minimum Gasteiger partial charge on any atom is -0.492 e. The number of ether oxygens (including phenoxy) is 1. The van der Waals surface area contributed by atoms with Crippen molar-refractivity contribution in [2.24, 2.45) is 5.84 Å². The highest BCUT2D eigenvalue weighted by Crippen LogP contribution is 2.24. The largest absolute Gasteiger partial charge is 0.492 e. The molecule has 2 aromatic rings. The lowest BCUT2D eigenvalue weighted by atomic mass is 10.0. The van der Waals surface area contributed by atoms with E-state index in [4.69, 9.17) is 10.6 Å². The van der Waals surface area contributed by atoms with Crippen LogP contribution in [0.4, 0.5) is 0 Å². The Morgan fingerprint density at radius 3 is 2.95 bits per heavy atom. The van der Waals surface area contributed by atoms with Gasteiger partial charge >= 0.3 is 0 Å². The third kappa shape index (κ3) is 3.31. The second-order valence-electron chi connectivity index (χ2n) is 4.61. The van der Waals surface area contributed by atoms with Gasteiger partial charge in [-0.1, -0.05) is 13.0 Å². The summed E-state index contributed by atoms with van der Waals surface area (Å²) in [5, 5.41) is 0. The highest BCUT2D eigenvalue weighted by Gasteiger charge is 2.16. The Morgan fingerprint density at radius 1 is 1.40 bits per heavy atom. The number of pyridine rings is 2. The van der Waals surface area contributed by atoms with E-state index in [2.05, 4.69) is 22.3 Å². The molecule has 0 fully saturated rings. The molecule has 0 saturated heterocycles. The molecule has 0 saturated carbocycles. The number of rotatable bonds is 6. The van der Waals surface area contributed by atoms with Gasteiger partial charge in [-0.2, -0.15) is 0 Å². The number of nitrogens with one attached hydrogen (secondary N) is 1. The van der Waals surface area contributed by atoms with Gasteiger partial charge in [0, 0.05) is 12.4 Å². The standard InChI is InChI=1S/C15H20N4O/c1-3-7-20-13-8-12(9-17-10-13)15(19-16)14-11(2)5-4-6-18-14/h4-6,8-10,15,19H,3,7,16H2,1-2H3. The molecule has 5 heteroatoms. The Labute approximate surface area is 119 Å². The molecular formula is C15H20N4O. The SMILES string of the molecule is CCCOc1cncc(C(NN)c2ncccc2C)c1. The van der Waals surface area contributed by atoms with Crippen molar-refractivity contribution in [2.75, 3.05) is 6.61 Å². The van der Waals surface area contributed by atoms with Crippen molar-refractivity contribution in [2.45, 2.75) is 26.3 Å². The molecule has 5 nitrogen and oxygen atoms in total. The van der Waals surface area contributed by atoms with Crippen LogP contribution in [0.25, 0.3) is 0 Å². The molecule has 3 N–H and O–H groups in total. The molecular weight excluding hydrogens is 252 g/mol. The number of nitrogens with zero attached hydrogens (tertiary/aromatic N) is 2. The van der Waals surface area contributed by atoms with Crippen molar-refractivity contribution < 1.29 is 4.74 Å². The van der Waals surface area contributed by atoms with Crippen molar-refractivity contribution in [3.63, 3.8) is 0 Å².